The third kappa shape index (κ3) is 3.75. The Morgan fingerprint density at radius 1 is 1.47 bits per heavy atom. The number of aliphatic hydroxyl groups is 1. The monoisotopic (exact) mass is 216 g/mol. The Morgan fingerprint density at radius 2 is 2.13 bits per heavy atom. The Labute approximate surface area is 87.9 Å². The predicted octanol–water partition coefficient (Wildman–Crippen LogP) is -0.517. The average Bonchev–Trinajstić information content (AvgIpc) is 2.12. The molecule has 1 fully saturated rings. The van der Waals surface area contributed by atoms with Gasteiger partial charge in [0, 0.05) is 13.1 Å². The van der Waals surface area contributed by atoms with E-state index in [0.29, 0.717) is 13.0 Å². The highest BCUT2D eigenvalue weighted by molar-refractivity contribution is 5.80. The quantitative estimate of drug-likeness (QED) is 0.579. The van der Waals surface area contributed by atoms with Crippen molar-refractivity contribution in [2.45, 2.75) is 19.4 Å². The van der Waals surface area contributed by atoms with Crippen LogP contribution in [-0.2, 0) is 4.79 Å². The second kappa shape index (κ2) is 4.97. The lowest BCUT2D eigenvalue weighted by atomic mass is 9.98. The number of aliphatic hydroxyl groups excluding tert-OH is 1. The Bertz CT molecular complexity index is 246. The van der Waals surface area contributed by atoms with Gasteiger partial charge in [-0.2, -0.15) is 0 Å². The molecule has 1 aliphatic heterocycles. The first kappa shape index (κ1) is 11.8. The van der Waals surface area contributed by atoms with Gasteiger partial charge in [0.05, 0.1) is 6.10 Å². The first-order valence-corrected chi connectivity index (χ1v) is 4.91. The van der Waals surface area contributed by atoms with Crippen LogP contribution in [-0.4, -0.2) is 52.9 Å². The maximum Gasteiger partial charge on any atom is 0.323 e. The summed E-state index contributed by atoms with van der Waals surface area (Å²) >= 11 is 0. The molecule has 15 heavy (non-hydrogen) atoms. The zero-order valence-corrected chi connectivity index (χ0v) is 8.64. The summed E-state index contributed by atoms with van der Waals surface area (Å²) in [7, 11) is 0. The van der Waals surface area contributed by atoms with Crippen molar-refractivity contribution in [2.75, 3.05) is 19.6 Å². The molecule has 1 aliphatic rings. The number of rotatable bonds is 2. The van der Waals surface area contributed by atoms with Crippen LogP contribution in [0.1, 0.15) is 13.3 Å². The number of nitrogens with one attached hydrogen (secondary N) is 1. The minimum atomic E-state index is -1.08. The highest BCUT2D eigenvalue weighted by Crippen LogP contribution is 2.15. The van der Waals surface area contributed by atoms with Gasteiger partial charge in [0.25, 0.3) is 0 Å². The third-order valence-electron chi connectivity index (χ3n) is 2.32. The van der Waals surface area contributed by atoms with Gasteiger partial charge >= 0.3 is 12.0 Å². The number of hydrogen-bond donors (Lipinski definition) is 3. The van der Waals surface area contributed by atoms with Gasteiger partial charge in [0.1, 0.15) is 6.54 Å². The number of piperidine rings is 1. The number of carbonyl (C=O) groups is 2. The molecule has 0 aromatic rings. The largest absolute Gasteiger partial charge is 0.480 e. The Kier molecular flexibility index (Phi) is 3.90. The van der Waals surface area contributed by atoms with Crippen LogP contribution in [0.3, 0.4) is 0 Å². The van der Waals surface area contributed by atoms with Gasteiger partial charge in [-0.3, -0.25) is 4.79 Å². The summed E-state index contributed by atoms with van der Waals surface area (Å²) in [6, 6.07) is -0.428. The van der Waals surface area contributed by atoms with E-state index in [2.05, 4.69) is 5.32 Å². The maximum absolute atomic E-state index is 11.4. The average molecular weight is 216 g/mol. The fourth-order valence-electron chi connectivity index (χ4n) is 1.75. The molecule has 0 saturated carbocycles. The van der Waals surface area contributed by atoms with Gasteiger partial charge in [0.15, 0.2) is 0 Å². The van der Waals surface area contributed by atoms with Crippen LogP contribution in [0.15, 0.2) is 0 Å². The molecule has 0 bridgehead atoms. The van der Waals surface area contributed by atoms with E-state index in [-0.39, 0.29) is 19.0 Å². The molecule has 0 aromatic heterocycles. The number of likely N-dealkylation sites (tertiary alicyclic amines) is 1. The van der Waals surface area contributed by atoms with E-state index < -0.39 is 18.1 Å². The first-order valence-electron chi connectivity index (χ1n) is 4.91. The topological polar surface area (TPSA) is 89.9 Å². The van der Waals surface area contributed by atoms with Crippen molar-refractivity contribution >= 4 is 12.0 Å². The molecule has 2 amide bonds. The summed E-state index contributed by atoms with van der Waals surface area (Å²) in [5.41, 5.74) is 0. The molecule has 0 spiro atoms. The van der Waals surface area contributed by atoms with Crippen LogP contribution in [0, 0.1) is 5.92 Å². The van der Waals surface area contributed by atoms with E-state index in [1.807, 2.05) is 6.92 Å². The summed E-state index contributed by atoms with van der Waals surface area (Å²) in [5.74, 6) is -0.835. The van der Waals surface area contributed by atoms with E-state index in [4.69, 9.17) is 5.11 Å². The standard InChI is InChI=1S/C9H16N2O4/c1-6-2-7(12)5-11(4-6)9(15)10-3-8(13)14/h6-7,12H,2-5H2,1H3,(H,10,15)(H,13,14)/t6-,7+/m1/s1. The molecule has 0 aromatic carbocycles. The van der Waals surface area contributed by atoms with Crippen molar-refractivity contribution in [1.29, 1.82) is 0 Å². The van der Waals surface area contributed by atoms with Gasteiger partial charge < -0.3 is 20.4 Å². The summed E-state index contributed by atoms with van der Waals surface area (Å²) < 4.78 is 0. The van der Waals surface area contributed by atoms with Crippen molar-refractivity contribution in [3.05, 3.63) is 0 Å². The highest BCUT2D eigenvalue weighted by atomic mass is 16.4. The van der Waals surface area contributed by atoms with Crippen molar-refractivity contribution in [3.8, 4) is 0 Å². The molecule has 1 rings (SSSR count). The van der Waals surface area contributed by atoms with E-state index in [0.717, 1.165) is 0 Å². The van der Waals surface area contributed by atoms with Gasteiger partial charge in [-0.05, 0) is 12.3 Å². The van der Waals surface area contributed by atoms with Crippen molar-refractivity contribution in [3.63, 3.8) is 0 Å². The van der Waals surface area contributed by atoms with Gasteiger partial charge in [-0.15, -0.1) is 0 Å². The van der Waals surface area contributed by atoms with Crippen LogP contribution < -0.4 is 5.32 Å². The number of carboxylic acid groups (broad SMARTS) is 1. The van der Waals surface area contributed by atoms with Gasteiger partial charge in [-0.1, -0.05) is 6.92 Å². The summed E-state index contributed by atoms with van der Waals surface area (Å²) in [6.45, 7) is 2.39. The van der Waals surface area contributed by atoms with Crippen molar-refractivity contribution < 1.29 is 19.8 Å². The molecule has 86 valence electrons. The molecule has 6 heteroatoms. The number of aliphatic carboxylic acids is 1. The zero-order chi connectivity index (χ0) is 11.4. The SMILES string of the molecule is C[C@@H]1C[C@H](O)CN(C(=O)NCC(=O)O)C1. The zero-order valence-electron chi connectivity index (χ0n) is 8.64. The Morgan fingerprint density at radius 3 is 2.67 bits per heavy atom. The molecule has 0 unspecified atom stereocenters. The van der Waals surface area contributed by atoms with Crippen LogP contribution >= 0.6 is 0 Å². The summed E-state index contributed by atoms with van der Waals surface area (Å²) in [4.78, 5) is 23.1. The molecule has 0 aliphatic carbocycles. The number of carbonyl (C=O) groups excluding carboxylic acids is 1. The highest BCUT2D eigenvalue weighted by Gasteiger charge is 2.26. The Balaban J connectivity index is 2.41. The smallest absolute Gasteiger partial charge is 0.323 e. The molecule has 1 heterocycles. The lowest BCUT2D eigenvalue weighted by Gasteiger charge is -2.33. The second-order valence-corrected chi connectivity index (χ2v) is 3.95. The van der Waals surface area contributed by atoms with Gasteiger partial charge in [-0.25, -0.2) is 4.79 Å². The molecule has 1 saturated heterocycles. The van der Waals surface area contributed by atoms with E-state index in [9.17, 15) is 14.7 Å². The fraction of sp³-hybridized carbons (Fsp3) is 0.778. The third-order valence-corrected chi connectivity index (χ3v) is 2.32. The number of amides is 2. The lowest BCUT2D eigenvalue weighted by molar-refractivity contribution is -0.135. The number of urea groups is 1. The molecular formula is C9H16N2O4. The first-order chi connectivity index (χ1) is 6.99. The lowest BCUT2D eigenvalue weighted by Crippen LogP contribution is -2.50. The second-order valence-electron chi connectivity index (χ2n) is 3.95. The van der Waals surface area contributed by atoms with Crippen LogP contribution in [0.5, 0.6) is 0 Å². The number of hydrogen-bond acceptors (Lipinski definition) is 3. The van der Waals surface area contributed by atoms with Gasteiger partial charge in [0.2, 0.25) is 0 Å². The van der Waals surface area contributed by atoms with Crippen LogP contribution in [0.25, 0.3) is 0 Å². The minimum absolute atomic E-state index is 0.240. The van der Waals surface area contributed by atoms with Crippen molar-refractivity contribution in [2.24, 2.45) is 5.92 Å². The summed E-state index contributed by atoms with van der Waals surface area (Å²) in [6.07, 6.45) is 0.173. The predicted molar refractivity (Wildman–Crippen MR) is 52.4 cm³/mol. The minimum Gasteiger partial charge on any atom is -0.480 e. The molecule has 6 nitrogen and oxygen atoms in total. The normalized spacial score (nSPS) is 26.1. The number of nitrogens with zero attached hydrogens (tertiary/aromatic N) is 1. The molecule has 0 radical (unpaired) electrons. The summed E-state index contributed by atoms with van der Waals surface area (Å²) in [5, 5.41) is 20.1. The number of carboxylic acids is 1. The van der Waals surface area contributed by atoms with Crippen LogP contribution in [0.2, 0.25) is 0 Å². The maximum atomic E-state index is 11.4. The number of β-amino-alcohol motifs (C(OH)–C–C–N with tert-alkyl or cyclic N) is 1. The fourth-order valence-corrected chi connectivity index (χ4v) is 1.75. The molecule has 2 atom stereocenters. The molecular weight excluding hydrogens is 200 g/mol. The Hall–Kier alpha value is -1.30. The molecule has 3 N–H and O–H groups in total. The van der Waals surface area contributed by atoms with Crippen LogP contribution in [0.4, 0.5) is 4.79 Å². The van der Waals surface area contributed by atoms with E-state index >= 15 is 0 Å². The van der Waals surface area contributed by atoms with E-state index in [1.165, 1.54) is 4.90 Å². The van der Waals surface area contributed by atoms with Crippen molar-refractivity contribution in [1.82, 2.24) is 10.2 Å². The van der Waals surface area contributed by atoms with E-state index in [1.54, 1.807) is 0 Å².